The summed E-state index contributed by atoms with van der Waals surface area (Å²) < 4.78 is 0. The molecule has 2 atom stereocenters. The first-order chi connectivity index (χ1) is 9.19. The van der Waals surface area contributed by atoms with Gasteiger partial charge in [-0.3, -0.25) is 4.79 Å². The molecule has 3 nitrogen and oxygen atoms in total. The van der Waals surface area contributed by atoms with E-state index in [-0.39, 0.29) is 24.5 Å². The number of benzene rings is 1. The second-order valence-corrected chi connectivity index (χ2v) is 4.47. The Morgan fingerprint density at radius 1 is 1.32 bits per heavy atom. The van der Waals surface area contributed by atoms with Gasteiger partial charge >= 0.3 is 0 Å². The molecular weight excluding hydrogens is 238 g/mol. The fourth-order valence-corrected chi connectivity index (χ4v) is 1.68. The van der Waals surface area contributed by atoms with Gasteiger partial charge in [0.25, 0.3) is 0 Å². The number of carbonyl (C=O) groups excluding carboxylic acids is 1. The molecule has 1 amide bonds. The van der Waals surface area contributed by atoms with Crippen LogP contribution in [0.1, 0.15) is 38.3 Å². The lowest BCUT2D eigenvalue weighted by molar-refractivity contribution is -0.125. The Labute approximate surface area is 115 Å². The molecule has 0 unspecified atom stereocenters. The van der Waals surface area contributed by atoms with E-state index in [0.29, 0.717) is 6.42 Å². The summed E-state index contributed by atoms with van der Waals surface area (Å²) in [4.78, 5) is 12.0. The molecule has 0 aliphatic carbocycles. The number of amides is 1. The van der Waals surface area contributed by atoms with Crippen molar-refractivity contribution in [1.82, 2.24) is 5.32 Å². The number of hydrogen-bond acceptors (Lipinski definition) is 2. The van der Waals surface area contributed by atoms with Gasteiger partial charge < -0.3 is 10.4 Å². The minimum Gasteiger partial charge on any atom is -0.394 e. The molecule has 1 rings (SSSR count). The van der Waals surface area contributed by atoms with E-state index in [2.05, 4.69) is 17.2 Å². The second kappa shape index (κ2) is 8.34. The molecule has 102 valence electrons. The molecule has 0 heterocycles. The van der Waals surface area contributed by atoms with Gasteiger partial charge in [0.05, 0.1) is 12.6 Å². The minimum absolute atomic E-state index is 0.0756. The van der Waals surface area contributed by atoms with Crippen LogP contribution in [0, 0.1) is 17.8 Å². The zero-order valence-electron chi connectivity index (χ0n) is 11.5. The van der Waals surface area contributed by atoms with Gasteiger partial charge in [-0.05, 0) is 5.56 Å². The van der Waals surface area contributed by atoms with Gasteiger partial charge in [0.1, 0.15) is 0 Å². The first kappa shape index (κ1) is 15.3. The van der Waals surface area contributed by atoms with E-state index in [4.69, 9.17) is 0 Å². The average Bonchev–Trinajstić information content (AvgIpc) is 2.45. The van der Waals surface area contributed by atoms with Crippen molar-refractivity contribution in [2.24, 2.45) is 5.92 Å². The Morgan fingerprint density at radius 3 is 2.58 bits per heavy atom. The number of hydrogen-bond donors (Lipinski definition) is 2. The number of rotatable bonds is 5. The molecule has 0 aromatic heterocycles. The van der Waals surface area contributed by atoms with Crippen molar-refractivity contribution < 1.29 is 9.90 Å². The second-order valence-electron chi connectivity index (χ2n) is 4.47. The summed E-state index contributed by atoms with van der Waals surface area (Å²) in [5.74, 6) is 5.68. The van der Waals surface area contributed by atoms with Crippen LogP contribution in [0.15, 0.2) is 30.3 Å². The number of aliphatic hydroxyl groups is 1. The van der Waals surface area contributed by atoms with E-state index in [1.807, 2.05) is 44.2 Å². The lowest BCUT2D eigenvalue weighted by atomic mass is 10.0. The molecule has 0 fully saturated rings. The number of nitrogens with one attached hydrogen (secondary N) is 1. The van der Waals surface area contributed by atoms with E-state index in [1.54, 1.807) is 0 Å². The zero-order valence-corrected chi connectivity index (χ0v) is 11.5. The fourth-order valence-electron chi connectivity index (χ4n) is 1.68. The number of aliphatic hydroxyl groups excluding tert-OH is 1. The van der Waals surface area contributed by atoms with Crippen LogP contribution in [0.4, 0.5) is 0 Å². The Hall–Kier alpha value is -1.79. The van der Waals surface area contributed by atoms with Gasteiger partial charge in [0.15, 0.2) is 0 Å². The van der Waals surface area contributed by atoms with Crippen molar-refractivity contribution in [2.75, 3.05) is 6.61 Å². The molecule has 0 radical (unpaired) electrons. The summed E-state index contributed by atoms with van der Waals surface area (Å²) in [6.07, 6.45) is 1.35. The van der Waals surface area contributed by atoms with Crippen molar-refractivity contribution in [3.05, 3.63) is 35.9 Å². The molecule has 0 bridgehead atoms. The SMILES string of the molecule is CCC#CC[C@H](C)C(=O)N[C@@H](CO)c1ccccc1. The monoisotopic (exact) mass is 259 g/mol. The number of carbonyl (C=O) groups is 1. The van der Waals surface area contributed by atoms with Crippen LogP contribution in [-0.2, 0) is 4.79 Å². The molecule has 19 heavy (non-hydrogen) atoms. The van der Waals surface area contributed by atoms with Crippen LogP contribution in [0.5, 0.6) is 0 Å². The Balaban J connectivity index is 2.58. The van der Waals surface area contributed by atoms with Gasteiger partial charge in [0, 0.05) is 18.8 Å². The zero-order chi connectivity index (χ0) is 14.1. The largest absolute Gasteiger partial charge is 0.394 e. The predicted octanol–water partition coefficient (Wildman–Crippen LogP) is 2.28. The standard InChI is InChI=1S/C16H21NO2/c1-3-4-6-9-13(2)16(19)17-15(12-18)14-10-7-5-8-11-14/h5,7-8,10-11,13,15,18H,3,9,12H2,1-2H3,(H,17,19)/t13-,15-/m0/s1. The maximum atomic E-state index is 12.0. The maximum absolute atomic E-state index is 12.0. The van der Waals surface area contributed by atoms with Crippen molar-refractivity contribution in [1.29, 1.82) is 0 Å². The first-order valence-corrected chi connectivity index (χ1v) is 6.61. The van der Waals surface area contributed by atoms with Crippen LogP contribution >= 0.6 is 0 Å². The Bertz CT molecular complexity index is 445. The highest BCUT2D eigenvalue weighted by Crippen LogP contribution is 2.13. The normalized spacial score (nSPS) is 13.0. The molecule has 1 aromatic carbocycles. The molecule has 0 saturated carbocycles. The Kier molecular flexibility index (Phi) is 6.70. The molecule has 3 heteroatoms. The predicted molar refractivity (Wildman–Crippen MR) is 76.3 cm³/mol. The topological polar surface area (TPSA) is 49.3 Å². The quantitative estimate of drug-likeness (QED) is 0.797. The van der Waals surface area contributed by atoms with Crippen molar-refractivity contribution in [3.8, 4) is 11.8 Å². The van der Waals surface area contributed by atoms with Gasteiger partial charge in [0.2, 0.25) is 5.91 Å². The third kappa shape index (κ3) is 5.15. The summed E-state index contributed by atoms with van der Waals surface area (Å²) in [6.45, 7) is 3.72. The minimum atomic E-state index is -0.352. The van der Waals surface area contributed by atoms with E-state index >= 15 is 0 Å². The third-order valence-corrected chi connectivity index (χ3v) is 2.86. The van der Waals surface area contributed by atoms with Crippen LogP contribution in [0.3, 0.4) is 0 Å². The van der Waals surface area contributed by atoms with E-state index < -0.39 is 0 Å². The van der Waals surface area contributed by atoms with Gasteiger partial charge in [-0.15, -0.1) is 11.8 Å². The molecule has 0 saturated heterocycles. The molecule has 0 aliphatic rings. The molecule has 1 aromatic rings. The highest BCUT2D eigenvalue weighted by Gasteiger charge is 2.17. The average molecular weight is 259 g/mol. The van der Waals surface area contributed by atoms with Crippen LogP contribution in [-0.4, -0.2) is 17.6 Å². The summed E-state index contributed by atoms with van der Waals surface area (Å²) in [5.41, 5.74) is 0.908. The molecule has 0 aliphatic heterocycles. The summed E-state index contributed by atoms with van der Waals surface area (Å²) in [5, 5.41) is 12.2. The lowest BCUT2D eigenvalue weighted by Gasteiger charge is -2.18. The summed E-state index contributed by atoms with van der Waals surface area (Å²) >= 11 is 0. The van der Waals surface area contributed by atoms with E-state index in [1.165, 1.54) is 0 Å². The Morgan fingerprint density at radius 2 is 2.00 bits per heavy atom. The summed E-state index contributed by atoms with van der Waals surface area (Å²) in [6, 6.07) is 9.12. The fraction of sp³-hybridized carbons (Fsp3) is 0.438. The van der Waals surface area contributed by atoms with Crippen LogP contribution in [0.2, 0.25) is 0 Å². The van der Waals surface area contributed by atoms with Gasteiger partial charge in [-0.2, -0.15) is 0 Å². The van der Waals surface area contributed by atoms with E-state index in [9.17, 15) is 9.90 Å². The molecule has 0 spiro atoms. The van der Waals surface area contributed by atoms with Crippen molar-refractivity contribution in [3.63, 3.8) is 0 Å². The maximum Gasteiger partial charge on any atom is 0.224 e. The van der Waals surface area contributed by atoms with Gasteiger partial charge in [-0.25, -0.2) is 0 Å². The van der Waals surface area contributed by atoms with Crippen LogP contribution in [0.25, 0.3) is 0 Å². The van der Waals surface area contributed by atoms with Crippen LogP contribution < -0.4 is 5.32 Å². The summed E-state index contributed by atoms with van der Waals surface area (Å²) in [7, 11) is 0. The van der Waals surface area contributed by atoms with Crippen molar-refractivity contribution in [2.45, 2.75) is 32.7 Å². The van der Waals surface area contributed by atoms with E-state index in [0.717, 1.165) is 12.0 Å². The first-order valence-electron chi connectivity index (χ1n) is 6.61. The third-order valence-electron chi connectivity index (χ3n) is 2.86. The van der Waals surface area contributed by atoms with Crippen molar-refractivity contribution >= 4 is 5.91 Å². The smallest absolute Gasteiger partial charge is 0.224 e. The van der Waals surface area contributed by atoms with Gasteiger partial charge in [-0.1, -0.05) is 44.2 Å². The molecular formula is C16H21NO2. The highest BCUT2D eigenvalue weighted by atomic mass is 16.3. The lowest BCUT2D eigenvalue weighted by Crippen LogP contribution is -2.34. The molecule has 2 N–H and O–H groups in total. The highest BCUT2D eigenvalue weighted by molar-refractivity contribution is 5.79.